The number of thiazole rings is 1. The zero-order valence-electron chi connectivity index (χ0n) is 13.4. The van der Waals surface area contributed by atoms with Crippen LogP contribution >= 0.6 is 11.3 Å². The van der Waals surface area contributed by atoms with Crippen LogP contribution in [0.4, 0.5) is 10.8 Å². The van der Waals surface area contributed by atoms with Crippen LogP contribution in [-0.2, 0) is 4.79 Å². The number of hydrogen-bond donors (Lipinski definition) is 3. The van der Waals surface area contributed by atoms with Crippen LogP contribution in [0.15, 0.2) is 23.6 Å². The number of nitrogens with one attached hydrogen (secondary N) is 2. The lowest BCUT2D eigenvalue weighted by Crippen LogP contribution is -2.18. The van der Waals surface area contributed by atoms with E-state index >= 15 is 0 Å². The molecule has 0 aliphatic carbocycles. The number of aryl methyl sites for hydroxylation is 1. The molecule has 2 rings (SSSR count). The van der Waals surface area contributed by atoms with E-state index in [4.69, 9.17) is 5.11 Å². The van der Waals surface area contributed by atoms with Crippen molar-refractivity contribution in [1.82, 2.24) is 4.98 Å². The Morgan fingerprint density at radius 3 is 2.54 bits per heavy atom. The van der Waals surface area contributed by atoms with Crippen LogP contribution in [0.25, 0.3) is 0 Å². The summed E-state index contributed by atoms with van der Waals surface area (Å²) in [6.07, 6.45) is 0. The number of benzene rings is 1. The highest BCUT2D eigenvalue weighted by atomic mass is 32.1. The molecule has 0 aliphatic heterocycles. The van der Waals surface area contributed by atoms with E-state index in [1.54, 1.807) is 26.8 Å². The van der Waals surface area contributed by atoms with Crippen molar-refractivity contribution < 1.29 is 19.5 Å². The van der Waals surface area contributed by atoms with Gasteiger partial charge in [0.05, 0.1) is 5.56 Å². The smallest absolute Gasteiger partial charge is 0.335 e. The maximum atomic E-state index is 12.3. The molecule has 126 valence electrons. The first-order valence-corrected chi connectivity index (χ1v) is 8.07. The van der Waals surface area contributed by atoms with Crippen LogP contribution in [0.3, 0.4) is 0 Å². The Hall–Kier alpha value is -2.74. The number of rotatable bonds is 5. The molecule has 3 N–H and O–H groups in total. The molecule has 1 heterocycles. The number of aromatic carboxylic acids is 1. The van der Waals surface area contributed by atoms with Crippen molar-refractivity contribution in [2.24, 2.45) is 5.92 Å². The van der Waals surface area contributed by atoms with Gasteiger partial charge in [0.2, 0.25) is 5.91 Å². The molecule has 0 bridgehead atoms. The average Bonchev–Trinajstić information content (AvgIpc) is 2.97. The van der Waals surface area contributed by atoms with Crippen LogP contribution in [0.5, 0.6) is 0 Å². The quantitative estimate of drug-likeness (QED) is 0.770. The third-order valence-electron chi connectivity index (χ3n) is 3.22. The van der Waals surface area contributed by atoms with E-state index in [2.05, 4.69) is 15.6 Å². The number of aromatic nitrogens is 1. The molecule has 2 amide bonds. The normalized spacial score (nSPS) is 10.5. The van der Waals surface area contributed by atoms with Crippen LogP contribution in [0, 0.1) is 12.8 Å². The predicted octanol–water partition coefficient (Wildman–Crippen LogP) is 3.00. The summed E-state index contributed by atoms with van der Waals surface area (Å²) in [5.74, 6) is -1.91. The molecule has 0 aliphatic rings. The molecule has 0 radical (unpaired) electrons. The first-order valence-electron chi connectivity index (χ1n) is 7.19. The van der Waals surface area contributed by atoms with Crippen molar-refractivity contribution in [3.63, 3.8) is 0 Å². The highest BCUT2D eigenvalue weighted by Gasteiger charge is 2.15. The van der Waals surface area contributed by atoms with Crippen LogP contribution in [-0.4, -0.2) is 27.9 Å². The van der Waals surface area contributed by atoms with Gasteiger partial charge in [-0.05, 0) is 24.6 Å². The van der Waals surface area contributed by atoms with E-state index in [1.807, 2.05) is 0 Å². The summed E-state index contributed by atoms with van der Waals surface area (Å²) in [7, 11) is 0. The van der Waals surface area contributed by atoms with Crippen molar-refractivity contribution in [3.8, 4) is 0 Å². The maximum Gasteiger partial charge on any atom is 0.335 e. The summed E-state index contributed by atoms with van der Waals surface area (Å²) in [5.41, 5.74) is 1.37. The van der Waals surface area contributed by atoms with Gasteiger partial charge < -0.3 is 15.7 Å². The summed E-state index contributed by atoms with van der Waals surface area (Å²) in [5, 5.41) is 16.2. The summed E-state index contributed by atoms with van der Waals surface area (Å²) >= 11 is 1.15. The second-order valence-corrected chi connectivity index (χ2v) is 6.33. The first kappa shape index (κ1) is 17.6. The Morgan fingerprint density at radius 1 is 1.21 bits per heavy atom. The van der Waals surface area contributed by atoms with Gasteiger partial charge in [-0.15, -0.1) is 11.3 Å². The highest BCUT2D eigenvalue weighted by Crippen LogP contribution is 2.20. The van der Waals surface area contributed by atoms with Crippen molar-refractivity contribution in [2.75, 3.05) is 10.6 Å². The fourth-order valence-electron chi connectivity index (χ4n) is 1.76. The van der Waals surface area contributed by atoms with Gasteiger partial charge in [-0.2, -0.15) is 0 Å². The molecule has 0 saturated carbocycles. The molecule has 0 unspecified atom stereocenters. The number of carboxylic acid groups (broad SMARTS) is 1. The predicted molar refractivity (Wildman–Crippen MR) is 91.7 cm³/mol. The van der Waals surface area contributed by atoms with Gasteiger partial charge in [-0.25, -0.2) is 9.78 Å². The Bertz CT molecular complexity index is 798. The fourth-order valence-corrected chi connectivity index (χ4v) is 2.45. The molecule has 0 saturated heterocycles. The van der Waals surface area contributed by atoms with Gasteiger partial charge >= 0.3 is 5.97 Å². The standard InChI is InChI=1S/C16H17N3O4S/c1-8(2)13(20)19-16-18-12(7-24-16)14(21)17-11-6-10(15(22)23)5-4-9(11)3/h4-8H,1-3H3,(H,17,21)(H,22,23)(H,18,19,20). The second-order valence-electron chi connectivity index (χ2n) is 5.47. The van der Waals surface area contributed by atoms with Crippen molar-refractivity contribution >= 4 is 39.9 Å². The minimum absolute atomic E-state index is 0.0825. The van der Waals surface area contributed by atoms with E-state index in [1.165, 1.54) is 17.5 Å². The first-order chi connectivity index (χ1) is 11.3. The molecule has 24 heavy (non-hydrogen) atoms. The molecule has 2 aromatic rings. The number of amides is 2. The van der Waals surface area contributed by atoms with Gasteiger partial charge in [-0.1, -0.05) is 19.9 Å². The van der Waals surface area contributed by atoms with Crippen molar-refractivity contribution in [3.05, 3.63) is 40.4 Å². The van der Waals surface area contributed by atoms with Gasteiger partial charge in [0.15, 0.2) is 5.13 Å². The minimum Gasteiger partial charge on any atom is -0.478 e. The monoisotopic (exact) mass is 347 g/mol. The maximum absolute atomic E-state index is 12.3. The zero-order chi connectivity index (χ0) is 17.9. The van der Waals surface area contributed by atoms with Gasteiger partial charge in [0.25, 0.3) is 5.91 Å². The minimum atomic E-state index is -1.07. The Kier molecular flexibility index (Phi) is 5.30. The number of carboxylic acids is 1. The van der Waals surface area contributed by atoms with Crippen molar-refractivity contribution in [2.45, 2.75) is 20.8 Å². The Labute approximate surface area is 142 Å². The fraction of sp³-hybridized carbons (Fsp3) is 0.250. The van der Waals surface area contributed by atoms with Gasteiger partial charge in [-0.3, -0.25) is 9.59 Å². The van der Waals surface area contributed by atoms with E-state index < -0.39 is 11.9 Å². The molecule has 0 spiro atoms. The largest absolute Gasteiger partial charge is 0.478 e. The molecule has 0 atom stereocenters. The number of nitrogens with zero attached hydrogens (tertiary/aromatic N) is 1. The molecule has 0 fully saturated rings. The molecular formula is C16H17N3O4S. The van der Waals surface area contributed by atoms with Crippen LogP contribution in [0.1, 0.15) is 40.3 Å². The summed E-state index contributed by atoms with van der Waals surface area (Å²) in [6.45, 7) is 5.28. The number of carbonyl (C=O) groups excluding carboxylic acids is 2. The zero-order valence-corrected chi connectivity index (χ0v) is 14.2. The third-order valence-corrected chi connectivity index (χ3v) is 3.98. The van der Waals surface area contributed by atoms with E-state index in [9.17, 15) is 14.4 Å². The number of carbonyl (C=O) groups is 3. The average molecular weight is 347 g/mol. The van der Waals surface area contributed by atoms with Gasteiger partial charge in [0.1, 0.15) is 5.69 Å². The lowest BCUT2D eigenvalue weighted by Gasteiger charge is -2.08. The van der Waals surface area contributed by atoms with Crippen molar-refractivity contribution in [1.29, 1.82) is 0 Å². The van der Waals surface area contributed by atoms with Crippen LogP contribution < -0.4 is 10.6 Å². The van der Waals surface area contributed by atoms with Gasteiger partial charge in [0, 0.05) is 17.0 Å². The lowest BCUT2D eigenvalue weighted by molar-refractivity contribution is -0.118. The SMILES string of the molecule is Cc1ccc(C(=O)O)cc1NC(=O)c1csc(NC(=O)C(C)C)n1. The Morgan fingerprint density at radius 2 is 1.92 bits per heavy atom. The molecule has 7 nitrogen and oxygen atoms in total. The van der Waals surface area contributed by atoms with E-state index in [0.29, 0.717) is 10.8 Å². The second kappa shape index (κ2) is 7.22. The molecule has 1 aromatic heterocycles. The number of hydrogen-bond acceptors (Lipinski definition) is 5. The van der Waals surface area contributed by atoms with Crippen LogP contribution in [0.2, 0.25) is 0 Å². The summed E-state index contributed by atoms with van der Waals surface area (Å²) in [6, 6.07) is 4.48. The topological polar surface area (TPSA) is 108 Å². The summed E-state index contributed by atoms with van der Waals surface area (Å²) in [4.78, 5) is 39.0. The molecular weight excluding hydrogens is 330 g/mol. The van der Waals surface area contributed by atoms with E-state index in [-0.39, 0.29) is 23.1 Å². The van der Waals surface area contributed by atoms with E-state index in [0.717, 1.165) is 16.9 Å². The summed E-state index contributed by atoms with van der Waals surface area (Å²) < 4.78 is 0. The number of anilines is 2. The lowest BCUT2D eigenvalue weighted by atomic mass is 10.1. The molecule has 1 aromatic carbocycles. The Balaban J connectivity index is 2.13. The molecule has 8 heteroatoms. The highest BCUT2D eigenvalue weighted by molar-refractivity contribution is 7.14. The third kappa shape index (κ3) is 4.17.